The predicted octanol–water partition coefficient (Wildman–Crippen LogP) is 2.97. The van der Waals surface area contributed by atoms with Gasteiger partial charge in [0.2, 0.25) is 0 Å². The molecule has 0 aliphatic rings. The number of hydrazine groups is 1. The molecule has 2 N–H and O–H groups in total. The number of nitrogens with two attached hydrogens (primary N) is 1. The molecule has 0 aromatic heterocycles. The van der Waals surface area contributed by atoms with Crippen molar-refractivity contribution in [3.63, 3.8) is 0 Å². The van der Waals surface area contributed by atoms with Gasteiger partial charge < -0.3 is 0 Å². The normalized spacial score (nSPS) is 10.0. The van der Waals surface area contributed by atoms with Gasteiger partial charge in [0.05, 0.1) is 5.69 Å². The molecule has 2 aromatic carbocycles. The maximum Gasteiger partial charge on any atom is 0.272 e. The van der Waals surface area contributed by atoms with Crippen molar-refractivity contribution in [3.8, 4) is 0 Å². The van der Waals surface area contributed by atoms with Crippen molar-refractivity contribution >= 4 is 27.5 Å². The van der Waals surface area contributed by atoms with Crippen LogP contribution in [0, 0.1) is 0 Å². The van der Waals surface area contributed by atoms with E-state index >= 15 is 0 Å². The topological polar surface area (TPSA) is 46.3 Å². The van der Waals surface area contributed by atoms with Crippen LogP contribution in [0.3, 0.4) is 0 Å². The monoisotopic (exact) mass is 290 g/mol. The molecule has 0 aliphatic heterocycles. The van der Waals surface area contributed by atoms with Gasteiger partial charge in [0.25, 0.3) is 5.91 Å². The molecule has 2 rings (SSSR count). The zero-order valence-corrected chi connectivity index (χ0v) is 10.6. The predicted molar refractivity (Wildman–Crippen MR) is 71.6 cm³/mol. The smallest absolute Gasteiger partial charge is 0.267 e. The summed E-state index contributed by atoms with van der Waals surface area (Å²) in [5.41, 5.74) is 1.21. The fraction of sp³-hybridized carbons (Fsp3) is 0. The lowest BCUT2D eigenvalue weighted by atomic mass is 10.2. The van der Waals surface area contributed by atoms with E-state index in [1.54, 1.807) is 24.3 Å². The van der Waals surface area contributed by atoms with Crippen molar-refractivity contribution in [2.45, 2.75) is 0 Å². The van der Waals surface area contributed by atoms with Crippen molar-refractivity contribution in [1.82, 2.24) is 0 Å². The molecule has 0 atom stereocenters. The molecule has 86 valence electrons. The lowest BCUT2D eigenvalue weighted by Gasteiger charge is -2.16. The van der Waals surface area contributed by atoms with Crippen LogP contribution in [0.1, 0.15) is 10.4 Å². The van der Waals surface area contributed by atoms with Crippen LogP contribution in [0.5, 0.6) is 0 Å². The molecule has 0 heterocycles. The van der Waals surface area contributed by atoms with Crippen LogP contribution in [-0.2, 0) is 0 Å². The number of hydrogen-bond acceptors (Lipinski definition) is 2. The first-order chi connectivity index (χ1) is 8.18. The molecule has 1 amide bonds. The van der Waals surface area contributed by atoms with E-state index in [-0.39, 0.29) is 5.91 Å². The van der Waals surface area contributed by atoms with E-state index in [9.17, 15) is 4.79 Å². The fourth-order valence-corrected chi connectivity index (χ4v) is 1.85. The van der Waals surface area contributed by atoms with Gasteiger partial charge in [0.1, 0.15) is 0 Å². The van der Waals surface area contributed by atoms with Crippen LogP contribution in [-0.4, -0.2) is 5.91 Å². The maximum absolute atomic E-state index is 12.0. The number of benzene rings is 2. The summed E-state index contributed by atoms with van der Waals surface area (Å²) in [7, 11) is 0. The second-order valence-corrected chi connectivity index (χ2v) is 4.44. The van der Waals surface area contributed by atoms with Crippen molar-refractivity contribution in [1.29, 1.82) is 0 Å². The molecule has 0 spiro atoms. The van der Waals surface area contributed by atoms with Gasteiger partial charge in [-0.3, -0.25) is 4.79 Å². The Hall–Kier alpha value is -1.65. The third-order valence-corrected chi connectivity index (χ3v) is 2.82. The van der Waals surface area contributed by atoms with Crippen LogP contribution in [0.25, 0.3) is 0 Å². The number of carbonyl (C=O) groups excluding carboxylic acids is 1. The molecule has 0 bridgehead atoms. The molecule has 4 heteroatoms. The molecule has 0 radical (unpaired) electrons. The molecule has 2 aromatic rings. The molecular weight excluding hydrogens is 280 g/mol. The van der Waals surface area contributed by atoms with Crippen LogP contribution in [0.4, 0.5) is 5.69 Å². The first-order valence-electron chi connectivity index (χ1n) is 5.08. The molecule has 0 unspecified atom stereocenters. The van der Waals surface area contributed by atoms with Crippen LogP contribution in [0.15, 0.2) is 59.1 Å². The summed E-state index contributed by atoms with van der Waals surface area (Å²) in [6, 6.07) is 16.2. The summed E-state index contributed by atoms with van der Waals surface area (Å²) in [6.07, 6.45) is 0. The van der Waals surface area contributed by atoms with Crippen LogP contribution >= 0.6 is 15.9 Å². The summed E-state index contributed by atoms with van der Waals surface area (Å²) in [5, 5.41) is 1.14. The minimum Gasteiger partial charge on any atom is -0.267 e. The number of rotatable bonds is 2. The highest BCUT2D eigenvalue weighted by Gasteiger charge is 2.13. The summed E-state index contributed by atoms with van der Waals surface area (Å²) in [6.45, 7) is 0. The van der Waals surface area contributed by atoms with Crippen LogP contribution in [0.2, 0.25) is 0 Å². The largest absolute Gasteiger partial charge is 0.272 e. The Bertz CT molecular complexity index is 528. The molecule has 0 fully saturated rings. The average molecular weight is 291 g/mol. The van der Waals surface area contributed by atoms with E-state index in [2.05, 4.69) is 15.9 Å². The minimum absolute atomic E-state index is 0.233. The Morgan fingerprint density at radius 3 is 2.41 bits per heavy atom. The lowest BCUT2D eigenvalue weighted by Crippen LogP contribution is -2.37. The van der Waals surface area contributed by atoms with E-state index < -0.39 is 0 Å². The zero-order valence-electron chi connectivity index (χ0n) is 9.01. The molecule has 3 nitrogen and oxygen atoms in total. The van der Waals surface area contributed by atoms with Gasteiger partial charge in [-0.05, 0) is 30.3 Å². The second kappa shape index (κ2) is 5.12. The quantitative estimate of drug-likeness (QED) is 0.525. The van der Waals surface area contributed by atoms with Gasteiger partial charge in [-0.15, -0.1) is 0 Å². The van der Waals surface area contributed by atoms with E-state index in [0.29, 0.717) is 11.3 Å². The number of hydrogen-bond donors (Lipinski definition) is 1. The first-order valence-corrected chi connectivity index (χ1v) is 5.87. The van der Waals surface area contributed by atoms with Crippen molar-refractivity contribution < 1.29 is 4.79 Å². The third-order valence-electron chi connectivity index (χ3n) is 2.33. The zero-order chi connectivity index (χ0) is 12.3. The van der Waals surface area contributed by atoms with Crippen LogP contribution < -0.4 is 10.9 Å². The van der Waals surface area contributed by atoms with Crippen molar-refractivity contribution in [2.24, 2.45) is 5.84 Å². The Balaban J connectivity index is 2.27. The molecule has 0 saturated heterocycles. The van der Waals surface area contributed by atoms with Gasteiger partial charge in [-0.25, -0.2) is 10.9 Å². The fourth-order valence-electron chi connectivity index (χ4n) is 1.46. The van der Waals surface area contributed by atoms with E-state index in [1.165, 1.54) is 0 Å². The lowest BCUT2D eigenvalue weighted by molar-refractivity contribution is 0.0987. The molecular formula is C13H11BrN2O. The highest BCUT2D eigenvalue weighted by atomic mass is 79.9. The van der Waals surface area contributed by atoms with Gasteiger partial charge in [-0.1, -0.05) is 40.2 Å². The Labute approximate surface area is 108 Å². The Morgan fingerprint density at radius 1 is 1.06 bits per heavy atom. The Morgan fingerprint density at radius 2 is 1.76 bits per heavy atom. The number of carbonyl (C=O) groups is 1. The molecule has 0 saturated carbocycles. The SMILES string of the molecule is NN(C(=O)c1ccccc1)c1cccc(Br)c1. The highest BCUT2D eigenvalue weighted by molar-refractivity contribution is 9.10. The standard InChI is InChI=1S/C13H11BrN2O/c14-11-7-4-8-12(9-11)16(15)13(17)10-5-2-1-3-6-10/h1-9H,15H2. The van der Waals surface area contributed by atoms with E-state index in [1.807, 2.05) is 30.3 Å². The number of anilines is 1. The number of nitrogens with zero attached hydrogens (tertiary/aromatic N) is 1. The van der Waals surface area contributed by atoms with E-state index in [0.717, 1.165) is 9.48 Å². The minimum atomic E-state index is -0.233. The van der Waals surface area contributed by atoms with Gasteiger partial charge in [0, 0.05) is 10.0 Å². The summed E-state index contributed by atoms with van der Waals surface area (Å²) < 4.78 is 0.881. The van der Waals surface area contributed by atoms with Crippen molar-refractivity contribution in [2.75, 3.05) is 5.01 Å². The average Bonchev–Trinajstić information content (AvgIpc) is 2.38. The number of amides is 1. The van der Waals surface area contributed by atoms with Gasteiger partial charge in [-0.2, -0.15) is 0 Å². The summed E-state index contributed by atoms with van der Waals surface area (Å²) >= 11 is 3.34. The first kappa shape index (κ1) is 11.8. The van der Waals surface area contributed by atoms with E-state index in [4.69, 9.17) is 5.84 Å². The highest BCUT2D eigenvalue weighted by Crippen LogP contribution is 2.19. The van der Waals surface area contributed by atoms with Gasteiger partial charge >= 0.3 is 0 Å². The van der Waals surface area contributed by atoms with Gasteiger partial charge in [0.15, 0.2) is 0 Å². The Kier molecular flexibility index (Phi) is 3.56. The van der Waals surface area contributed by atoms with Crippen molar-refractivity contribution in [3.05, 3.63) is 64.6 Å². The summed E-state index contributed by atoms with van der Waals surface area (Å²) in [5.74, 6) is 5.57. The molecule has 17 heavy (non-hydrogen) atoms. The maximum atomic E-state index is 12.0. The second-order valence-electron chi connectivity index (χ2n) is 3.52. The third kappa shape index (κ3) is 2.72. The summed E-state index contributed by atoms with van der Waals surface area (Å²) in [4.78, 5) is 12.0. The molecule has 0 aliphatic carbocycles. The number of halogens is 1.